The molecule has 0 aromatic carbocycles. The van der Waals surface area contributed by atoms with Crippen molar-refractivity contribution in [3.8, 4) is 0 Å². The van der Waals surface area contributed by atoms with E-state index in [1.807, 2.05) is 0 Å². The number of halogens is 1. The number of aliphatic hydroxyl groups is 2. The highest BCUT2D eigenvalue weighted by molar-refractivity contribution is 6.20. The molecule has 0 aromatic rings. The molecule has 0 amide bonds. The van der Waals surface area contributed by atoms with Crippen LogP contribution in [0.2, 0.25) is 0 Å². The van der Waals surface area contributed by atoms with E-state index in [9.17, 15) is 10.2 Å². The molecule has 33 heavy (non-hydrogen) atoms. The summed E-state index contributed by atoms with van der Waals surface area (Å²) in [5.74, 6) is 2.18. The first-order valence-corrected chi connectivity index (χ1v) is 13.8. The Morgan fingerprint density at radius 2 is 1.58 bits per heavy atom. The van der Waals surface area contributed by atoms with Gasteiger partial charge in [0.2, 0.25) is 0 Å². The zero-order valence-corrected chi connectivity index (χ0v) is 22.0. The molecule has 0 saturated heterocycles. The van der Waals surface area contributed by atoms with Crippen molar-refractivity contribution < 1.29 is 19.7 Å². The van der Waals surface area contributed by atoms with E-state index in [-0.39, 0.29) is 24.2 Å². The normalized spacial score (nSPS) is 36.3. The molecule has 2 fully saturated rings. The average Bonchev–Trinajstić information content (AvgIpc) is 2.82. The minimum absolute atomic E-state index is 0.0343. The molecule has 3 aliphatic carbocycles. The Labute approximate surface area is 206 Å². The van der Waals surface area contributed by atoms with Gasteiger partial charge in [-0.1, -0.05) is 25.5 Å². The van der Waals surface area contributed by atoms with E-state index in [1.54, 1.807) is 14.2 Å². The molecule has 3 aliphatic rings. The quantitative estimate of drug-likeness (QED) is 0.230. The molecule has 192 valence electrons. The third-order valence-electron chi connectivity index (χ3n) is 8.64. The Kier molecular flexibility index (Phi) is 11.0. The fourth-order valence-electron chi connectivity index (χ4n) is 6.54. The van der Waals surface area contributed by atoms with Crippen LogP contribution in [0, 0.1) is 23.7 Å². The maximum Gasteiger partial charge on any atom is 0.108 e. The molecule has 2 saturated carbocycles. The molecule has 3 N–H and O–H groups in total. The number of rotatable bonds is 10. The van der Waals surface area contributed by atoms with Crippen LogP contribution < -0.4 is 5.32 Å². The average molecular weight is 486 g/mol. The summed E-state index contributed by atoms with van der Waals surface area (Å²) >= 11 is 6.31. The van der Waals surface area contributed by atoms with Crippen molar-refractivity contribution >= 4 is 11.6 Å². The summed E-state index contributed by atoms with van der Waals surface area (Å²) in [6, 6.07) is -0.117. The molecule has 4 unspecified atom stereocenters. The van der Waals surface area contributed by atoms with Crippen molar-refractivity contribution in [1.82, 2.24) is 5.32 Å². The molecular weight excluding hydrogens is 438 g/mol. The zero-order valence-electron chi connectivity index (χ0n) is 21.2. The van der Waals surface area contributed by atoms with Gasteiger partial charge in [-0.25, -0.2) is 0 Å². The van der Waals surface area contributed by atoms with Crippen molar-refractivity contribution in [2.24, 2.45) is 23.7 Å². The molecule has 6 heteroatoms. The van der Waals surface area contributed by atoms with Crippen LogP contribution in [0.5, 0.6) is 0 Å². The molecule has 0 heterocycles. The summed E-state index contributed by atoms with van der Waals surface area (Å²) in [4.78, 5) is 0. The molecular formula is C27H48ClNO4. The summed E-state index contributed by atoms with van der Waals surface area (Å²) in [6.07, 6.45) is 12.9. The van der Waals surface area contributed by atoms with E-state index < -0.39 is 12.3 Å². The summed E-state index contributed by atoms with van der Waals surface area (Å²) in [7, 11) is 3.45. The Bertz CT molecular complexity index is 599. The largest absolute Gasteiger partial charge is 0.391 e. The van der Waals surface area contributed by atoms with Crippen LogP contribution in [0.1, 0.15) is 84.5 Å². The molecule has 5 nitrogen and oxygen atoms in total. The summed E-state index contributed by atoms with van der Waals surface area (Å²) in [5.41, 5.74) is 1.16. The third kappa shape index (κ3) is 7.91. The first-order valence-electron chi connectivity index (χ1n) is 13.3. The highest BCUT2D eigenvalue weighted by Gasteiger charge is 2.36. The van der Waals surface area contributed by atoms with Crippen LogP contribution in [0.15, 0.2) is 11.6 Å². The lowest BCUT2D eigenvalue weighted by atomic mass is 9.69. The zero-order chi connectivity index (χ0) is 24.0. The number of nitrogens with one attached hydrogen (secondary N) is 1. The Morgan fingerprint density at radius 3 is 2.12 bits per heavy atom. The van der Waals surface area contributed by atoms with E-state index in [1.165, 1.54) is 38.5 Å². The molecule has 0 aromatic heterocycles. The molecule has 0 bridgehead atoms. The van der Waals surface area contributed by atoms with Crippen LogP contribution in [0.3, 0.4) is 0 Å². The lowest BCUT2D eigenvalue weighted by Crippen LogP contribution is -2.52. The lowest BCUT2D eigenvalue weighted by Gasteiger charge is -2.41. The Morgan fingerprint density at radius 1 is 0.970 bits per heavy atom. The van der Waals surface area contributed by atoms with Gasteiger partial charge >= 0.3 is 0 Å². The van der Waals surface area contributed by atoms with E-state index in [0.29, 0.717) is 17.7 Å². The molecule has 5 atom stereocenters. The third-order valence-corrected chi connectivity index (χ3v) is 9.07. The standard InChI is InChI=1S/C27H48ClNO4/c1-17(2)26(29-25(30)15-18-13-23(32-3)16-24(14-18)33-4)27(31)21-7-5-19(6-8-21)20-9-11-22(28)12-10-20/h13,17,19-27,29-31H,5-12,14-16H2,1-4H3/t19?,20?,21?,22?,23?,24?,25?,26-,27?/m1/s1. The van der Waals surface area contributed by atoms with Gasteiger partial charge in [0, 0.05) is 38.5 Å². The van der Waals surface area contributed by atoms with Crippen LogP contribution in [-0.2, 0) is 9.47 Å². The number of aliphatic hydroxyl groups excluding tert-OH is 2. The second-order valence-corrected chi connectivity index (χ2v) is 11.8. The summed E-state index contributed by atoms with van der Waals surface area (Å²) in [6.45, 7) is 4.26. The van der Waals surface area contributed by atoms with Crippen LogP contribution in [0.25, 0.3) is 0 Å². The molecule has 0 spiro atoms. The first kappa shape index (κ1) is 27.4. The Hall–Kier alpha value is -0.170. The summed E-state index contributed by atoms with van der Waals surface area (Å²) < 4.78 is 11.1. The van der Waals surface area contributed by atoms with Gasteiger partial charge in [-0.3, -0.25) is 5.32 Å². The minimum Gasteiger partial charge on any atom is -0.391 e. The Balaban J connectivity index is 1.50. The van der Waals surface area contributed by atoms with E-state index in [4.69, 9.17) is 21.1 Å². The minimum atomic E-state index is -0.687. The van der Waals surface area contributed by atoms with Crippen LogP contribution >= 0.6 is 11.6 Å². The fraction of sp³-hybridized carbons (Fsp3) is 0.926. The second-order valence-electron chi connectivity index (χ2n) is 11.2. The number of hydrogen-bond donors (Lipinski definition) is 3. The monoisotopic (exact) mass is 485 g/mol. The number of ether oxygens (including phenoxy) is 2. The molecule has 0 aliphatic heterocycles. The maximum absolute atomic E-state index is 11.3. The highest BCUT2D eigenvalue weighted by atomic mass is 35.5. The number of methoxy groups -OCH3 is 2. The lowest BCUT2D eigenvalue weighted by molar-refractivity contribution is -0.00461. The van der Waals surface area contributed by atoms with Crippen molar-refractivity contribution in [3.05, 3.63) is 11.6 Å². The summed E-state index contributed by atoms with van der Waals surface area (Å²) in [5, 5.41) is 25.9. The van der Waals surface area contributed by atoms with E-state index in [2.05, 4.69) is 25.2 Å². The SMILES string of the molecule is COC1C=C(CC(O)N[C@H](C(C)C)C(O)C2CCC(C3CCC(Cl)CC3)CC2)CC(OC)C1. The van der Waals surface area contributed by atoms with Crippen molar-refractivity contribution in [3.63, 3.8) is 0 Å². The number of alkyl halides is 1. The van der Waals surface area contributed by atoms with Gasteiger partial charge in [-0.05, 0) is 81.5 Å². The van der Waals surface area contributed by atoms with Gasteiger partial charge in [-0.2, -0.15) is 0 Å². The van der Waals surface area contributed by atoms with Gasteiger partial charge in [0.15, 0.2) is 0 Å². The predicted octanol–water partition coefficient (Wildman–Crippen LogP) is 5.02. The molecule has 0 radical (unpaired) electrons. The first-order chi connectivity index (χ1) is 15.8. The fourth-order valence-corrected chi connectivity index (χ4v) is 6.80. The van der Waals surface area contributed by atoms with Gasteiger partial charge in [0.05, 0.1) is 18.3 Å². The van der Waals surface area contributed by atoms with Crippen LogP contribution in [-0.4, -0.2) is 60.4 Å². The van der Waals surface area contributed by atoms with E-state index in [0.717, 1.165) is 43.1 Å². The van der Waals surface area contributed by atoms with Gasteiger partial charge in [-0.15, -0.1) is 11.6 Å². The van der Waals surface area contributed by atoms with Crippen molar-refractivity contribution in [2.75, 3.05) is 14.2 Å². The van der Waals surface area contributed by atoms with Gasteiger partial charge < -0.3 is 19.7 Å². The smallest absolute Gasteiger partial charge is 0.108 e. The molecule has 3 rings (SSSR count). The maximum atomic E-state index is 11.3. The van der Waals surface area contributed by atoms with Gasteiger partial charge in [0.25, 0.3) is 0 Å². The topological polar surface area (TPSA) is 71.0 Å². The highest BCUT2D eigenvalue weighted by Crippen LogP contribution is 2.42. The van der Waals surface area contributed by atoms with E-state index >= 15 is 0 Å². The van der Waals surface area contributed by atoms with Crippen molar-refractivity contribution in [1.29, 1.82) is 0 Å². The predicted molar refractivity (Wildman–Crippen MR) is 134 cm³/mol. The van der Waals surface area contributed by atoms with Crippen LogP contribution in [0.4, 0.5) is 0 Å². The van der Waals surface area contributed by atoms with Gasteiger partial charge in [0.1, 0.15) is 6.23 Å². The van der Waals surface area contributed by atoms with Crippen molar-refractivity contribution in [2.45, 2.75) is 120 Å². The second kappa shape index (κ2) is 13.2. The number of hydrogen-bond acceptors (Lipinski definition) is 5.